The molecule has 144 valence electrons. The third-order valence-electron chi connectivity index (χ3n) is 4.38. The lowest BCUT2D eigenvalue weighted by Gasteiger charge is -2.18. The minimum absolute atomic E-state index is 0.0962. The zero-order chi connectivity index (χ0) is 19.5. The SMILES string of the molecule is COc1ccccc1-c1nc(CC(=O)Nc2ccc3c(c2)OCCO3)c(C)o1. The van der Waals surface area contributed by atoms with Crippen LogP contribution in [0.1, 0.15) is 11.5 Å². The van der Waals surface area contributed by atoms with E-state index < -0.39 is 0 Å². The van der Waals surface area contributed by atoms with Crippen molar-refractivity contribution in [3.63, 3.8) is 0 Å². The molecule has 1 aliphatic rings. The van der Waals surface area contributed by atoms with E-state index in [4.69, 9.17) is 18.6 Å². The number of hydrogen-bond donors (Lipinski definition) is 1. The van der Waals surface area contributed by atoms with Crippen LogP contribution in [0.4, 0.5) is 5.69 Å². The van der Waals surface area contributed by atoms with E-state index in [1.54, 1.807) is 32.2 Å². The van der Waals surface area contributed by atoms with Crippen molar-refractivity contribution in [2.75, 3.05) is 25.6 Å². The lowest BCUT2D eigenvalue weighted by molar-refractivity contribution is -0.115. The monoisotopic (exact) mass is 380 g/mol. The van der Waals surface area contributed by atoms with Gasteiger partial charge in [0.1, 0.15) is 24.7 Å². The highest BCUT2D eigenvalue weighted by molar-refractivity contribution is 5.92. The zero-order valence-electron chi connectivity index (χ0n) is 15.7. The molecule has 0 fully saturated rings. The van der Waals surface area contributed by atoms with E-state index in [0.717, 1.165) is 5.56 Å². The van der Waals surface area contributed by atoms with Gasteiger partial charge in [0, 0.05) is 11.8 Å². The number of carbonyl (C=O) groups is 1. The lowest BCUT2D eigenvalue weighted by atomic mass is 10.2. The van der Waals surface area contributed by atoms with Gasteiger partial charge in [-0.1, -0.05) is 12.1 Å². The number of anilines is 1. The van der Waals surface area contributed by atoms with Gasteiger partial charge in [-0.05, 0) is 31.2 Å². The van der Waals surface area contributed by atoms with E-state index >= 15 is 0 Å². The Morgan fingerprint density at radius 2 is 1.93 bits per heavy atom. The number of para-hydroxylation sites is 1. The lowest BCUT2D eigenvalue weighted by Crippen LogP contribution is -2.17. The summed E-state index contributed by atoms with van der Waals surface area (Å²) in [5.41, 5.74) is 1.96. The van der Waals surface area contributed by atoms with Crippen molar-refractivity contribution in [3.8, 4) is 28.7 Å². The van der Waals surface area contributed by atoms with Crippen LogP contribution in [0.15, 0.2) is 46.9 Å². The molecule has 1 aliphatic heterocycles. The van der Waals surface area contributed by atoms with Gasteiger partial charge in [-0.3, -0.25) is 4.79 Å². The van der Waals surface area contributed by atoms with Gasteiger partial charge in [-0.25, -0.2) is 4.98 Å². The van der Waals surface area contributed by atoms with Crippen LogP contribution in [0.3, 0.4) is 0 Å². The number of aromatic nitrogens is 1. The predicted octanol–water partition coefficient (Wildman–Crippen LogP) is 3.61. The van der Waals surface area contributed by atoms with E-state index in [9.17, 15) is 4.79 Å². The molecule has 0 saturated carbocycles. The third-order valence-corrected chi connectivity index (χ3v) is 4.38. The first-order valence-corrected chi connectivity index (χ1v) is 8.93. The molecule has 1 N–H and O–H groups in total. The molecule has 2 aromatic carbocycles. The zero-order valence-corrected chi connectivity index (χ0v) is 15.7. The van der Waals surface area contributed by atoms with Crippen LogP contribution >= 0.6 is 0 Å². The quantitative estimate of drug-likeness (QED) is 0.728. The van der Waals surface area contributed by atoms with Crippen molar-refractivity contribution in [2.45, 2.75) is 13.3 Å². The van der Waals surface area contributed by atoms with Crippen LogP contribution in [0.2, 0.25) is 0 Å². The molecule has 2 heterocycles. The van der Waals surface area contributed by atoms with E-state index in [1.165, 1.54) is 0 Å². The highest BCUT2D eigenvalue weighted by atomic mass is 16.6. The fourth-order valence-corrected chi connectivity index (χ4v) is 3.01. The molecular weight excluding hydrogens is 360 g/mol. The Morgan fingerprint density at radius 3 is 2.75 bits per heavy atom. The number of aryl methyl sites for hydroxylation is 1. The van der Waals surface area contributed by atoms with Crippen molar-refractivity contribution < 1.29 is 23.4 Å². The summed E-state index contributed by atoms with van der Waals surface area (Å²) in [5.74, 6) is 2.80. The van der Waals surface area contributed by atoms with E-state index in [1.807, 2.05) is 24.3 Å². The number of ether oxygens (including phenoxy) is 3. The smallest absolute Gasteiger partial charge is 0.230 e. The number of benzene rings is 2. The third kappa shape index (κ3) is 3.64. The summed E-state index contributed by atoms with van der Waals surface area (Å²) < 4.78 is 22.1. The first-order valence-electron chi connectivity index (χ1n) is 8.93. The summed E-state index contributed by atoms with van der Waals surface area (Å²) in [6.07, 6.45) is 0.0962. The second-order valence-electron chi connectivity index (χ2n) is 6.31. The molecule has 1 amide bonds. The second kappa shape index (κ2) is 7.64. The number of methoxy groups -OCH3 is 1. The molecular formula is C21H20N2O5. The minimum atomic E-state index is -0.195. The van der Waals surface area contributed by atoms with E-state index in [2.05, 4.69) is 10.3 Å². The Hall–Kier alpha value is -3.48. The maximum absolute atomic E-state index is 12.5. The van der Waals surface area contributed by atoms with Crippen LogP contribution in [0.25, 0.3) is 11.5 Å². The Balaban J connectivity index is 1.48. The van der Waals surface area contributed by atoms with Crippen molar-refractivity contribution in [3.05, 3.63) is 53.9 Å². The average Bonchev–Trinajstić information content (AvgIpc) is 3.07. The van der Waals surface area contributed by atoms with Gasteiger partial charge in [0.05, 0.1) is 24.8 Å². The molecule has 28 heavy (non-hydrogen) atoms. The first kappa shape index (κ1) is 17.9. The molecule has 7 heteroatoms. The average molecular weight is 380 g/mol. The molecule has 0 saturated heterocycles. The number of carbonyl (C=O) groups excluding carboxylic acids is 1. The molecule has 4 rings (SSSR count). The van der Waals surface area contributed by atoms with Gasteiger partial charge >= 0.3 is 0 Å². The normalized spacial score (nSPS) is 12.5. The molecule has 0 unspecified atom stereocenters. The molecule has 0 bridgehead atoms. The van der Waals surface area contributed by atoms with Gasteiger partial charge < -0.3 is 23.9 Å². The Labute approximate surface area is 162 Å². The van der Waals surface area contributed by atoms with Crippen LogP contribution in [0.5, 0.6) is 17.2 Å². The van der Waals surface area contributed by atoms with Gasteiger partial charge in [0.25, 0.3) is 0 Å². The number of amides is 1. The molecule has 3 aromatic rings. The van der Waals surface area contributed by atoms with E-state index in [0.29, 0.717) is 53.5 Å². The highest BCUT2D eigenvalue weighted by Gasteiger charge is 2.18. The Morgan fingerprint density at radius 1 is 1.14 bits per heavy atom. The summed E-state index contributed by atoms with van der Waals surface area (Å²) in [6, 6.07) is 12.8. The van der Waals surface area contributed by atoms with Gasteiger partial charge in [0.15, 0.2) is 11.5 Å². The highest BCUT2D eigenvalue weighted by Crippen LogP contribution is 2.33. The molecule has 0 spiro atoms. The minimum Gasteiger partial charge on any atom is -0.496 e. The summed E-state index contributed by atoms with van der Waals surface area (Å²) >= 11 is 0. The van der Waals surface area contributed by atoms with Crippen molar-refractivity contribution in [1.29, 1.82) is 0 Å². The van der Waals surface area contributed by atoms with Crippen LogP contribution in [-0.2, 0) is 11.2 Å². The fourth-order valence-electron chi connectivity index (χ4n) is 3.01. The maximum Gasteiger partial charge on any atom is 0.230 e. The number of nitrogens with one attached hydrogen (secondary N) is 1. The largest absolute Gasteiger partial charge is 0.496 e. The Bertz CT molecular complexity index is 1010. The van der Waals surface area contributed by atoms with Gasteiger partial charge in [-0.2, -0.15) is 0 Å². The standard InChI is InChI=1S/C21H20N2O5/c1-13-16(23-21(28-13)15-5-3-4-6-17(15)25-2)12-20(24)22-14-7-8-18-19(11-14)27-10-9-26-18/h3-8,11H,9-10,12H2,1-2H3,(H,22,24). The van der Waals surface area contributed by atoms with Crippen molar-refractivity contribution >= 4 is 11.6 Å². The maximum atomic E-state index is 12.5. The molecule has 1 aromatic heterocycles. The van der Waals surface area contributed by atoms with Crippen molar-refractivity contribution in [1.82, 2.24) is 4.98 Å². The molecule has 0 radical (unpaired) electrons. The second-order valence-corrected chi connectivity index (χ2v) is 6.31. The number of rotatable bonds is 5. The topological polar surface area (TPSA) is 82.8 Å². The molecule has 7 nitrogen and oxygen atoms in total. The number of hydrogen-bond acceptors (Lipinski definition) is 6. The summed E-state index contributed by atoms with van der Waals surface area (Å²) in [7, 11) is 1.59. The Kier molecular flexibility index (Phi) is 4.89. The van der Waals surface area contributed by atoms with Crippen LogP contribution in [0, 0.1) is 6.92 Å². The van der Waals surface area contributed by atoms with Gasteiger partial charge in [0.2, 0.25) is 11.8 Å². The van der Waals surface area contributed by atoms with Gasteiger partial charge in [-0.15, -0.1) is 0 Å². The van der Waals surface area contributed by atoms with Crippen LogP contribution in [-0.4, -0.2) is 31.2 Å². The summed E-state index contributed by atoms with van der Waals surface area (Å²) in [6.45, 7) is 2.81. The summed E-state index contributed by atoms with van der Waals surface area (Å²) in [4.78, 5) is 17.0. The predicted molar refractivity (Wildman–Crippen MR) is 103 cm³/mol. The van der Waals surface area contributed by atoms with E-state index in [-0.39, 0.29) is 12.3 Å². The molecule has 0 atom stereocenters. The fraction of sp³-hybridized carbons (Fsp3) is 0.238. The van der Waals surface area contributed by atoms with Crippen LogP contribution < -0.4 is 19.5 Å². The number of oxazole rings is 1. The number of fused-ring (bicyclic) bond motifs is 1. The number of nitrogens with zero attached hydrogens (tertiary/aromatic N) is 1. The summed E-state index contributed by atoms with van der Waals surface area (Å²) in [5, 5.41) is 2.86. The van der Waals surface area contributed by atoms with Crippen molar-refractivity contribution in [2.24, 2.45) is 0 Å². The first-order chi connectivity index (χ1) is 13.6. The molecule has 0 aliphatic carbocycles.